The molecule has 0 amide bonds. The standard InChI is InChI=1S/C18H25NSi/c1-6-9-15-12-17(16-11-8-7-10-14(16)2)19-13-18(15)20(3,4)5/h7-8,10-13H,6,9H2,1-5H3. The highest BCUT2D eigenvalue weighted by Gasteiger charge is 2.21. The van der Waals surface area contributed by atoms with Gasteiger partial charge in [-0.3, -0.25) is 4.98 Å². The molecule has 1 aromatic heterocycles. The minimum absolute atomic E-state index is 1.12. The van der Waals surface area contributed by atoms with Gasteiger partial charge in [0.25, 0.3) is 0 Å². The molecule has 0 aliphatic carbocycles. The van der Waals surface area contributed by atoms with Crippen molar-refractivity contribution < 1.29 is 0 Å². The monoisotopic (exact) mass is 283 g/mol. The largest absolute Gasteiger partial charge is 0.256 e. The van der Waals surface area contributed by atoms with Crippen molar-refractivity contribution >= 4 is 13.3 Å². The van der Waals surface area contributed by atoms with E-state index in [1.807, 2.05) is 0 Å². The first-order valence-corrected chi connectivity index (χ1v) is 11.0. The molecule has 0 fully saturated rings. The van der Waals surface area contributed by atoms with Crippen LogP contribution in [0.3, 0.4) is 0 Å². The van der Waals surface area contributed by atoms with Gasteiger partial charge in [-0.05, 0) is 35.7 Å². The smallest absolute Gasteiger partial charge is 0.0799 e. The van der Waals surface area contributed by atoms with E-state index in [0.29, 0.717) is 0 Å². The summed E-state index contributed by atoms with van der Waals surface area (Å²) in [6, 6.07) is 10.8. The topological polar surface area (TPSA) is 12.9 Å². The van der Waals surface area contributed by atoms with E-state index < -0.39 is 8.07 Å². The van der Waals surface area contributed by atoms with Crippen molar-refractivity contribution in [3.8, 4) is 11.3 Å². The first kappa shape index (κ1) is 15.0. The molecule has 106 valence electrons. The first-order chi connectivity index (χ1) is 9.43. The van der Waals surface area contributed by atoms with Crippen LogP contribution in [0.25, 0.3) is 11.3 Å². The molecule has 0 unspecified atom stereocenters. The second kappa shape index (κ2) is 5.92. The van der Waals surface area contributed by atoms with Gasteiger partial charge in [-0.2, -0.15) is 0 Å². The van der Waals surface area contributed by atoms with E-state index in [1.54, 1.807) is 0 Å². The van der Waals surface area contributed by atoms with Crippen molar-refractivity contribution in [1.29, 1.82) is 0 Å². The average molecular weight is 283 g/mol. The van der Waals surface area contributed by atoms with E-state index in [1.165, 1.54) is 28.3 Å². The molecule has 0 saturated heterocycles. The van der Waals surface area contributed by atoms with Gasteiger partial charge in [-0.15, -0.1) is 0 Å². The average Bonchev–Trinajstić information content (AvgIpc) is 2.38. The summed E-state index contributed by atoms with van der Waals surface area (Å²) < 4.78 is 0. The Labute approximate surface area is 124 Å². The van der Waals surface area contributed by atoms with Crippen LogP contribution in [-0.2, 0) is 6.42 Å². The molecular weight excluding hydrogens is 258 g/mol. The SMILES string of the molecule is CCCc1cc(-c2ccccc2C)ncc1[Si](C)(C)C. The van der Waals surface area contributed by atoms with Gasteiger partial charge in [0, 0.05) is 11.8 Å². The summed E-state index contributed by atoms with van der Waals surface area (Å²) in [7, 11) is -1.32. The van der Waals surface area contributed by atoms with Crippen LogP contribution in [-0.4, -0.2) is 13.1 Å². The fraction of sp³-hybridized carbons (Fsp3) is 0.389. The molecular formula is C18H25NSi. The molecule has 0 spiro atoms. The van der Waals surface area contributed by atoms with Crippen LogP contribution in [0.1, 0.15) is 24.5 Å². The fourth-order valence-corrected chi connectivity index (χ4v) is 4.27. The summed E-state index contributed by atoms with van der Waals surface area (Å²) in [6.45, 7) is 11.6. The molecule has 0 atom stereocenters. The van der Waals surface area contributed by atoms with Crippen LogP contribution in [0, 0.1) is 6.92 Å². The van der Waals surface area contributed by atoms with Crippen LogP contribution in [0.5, 0.6) is 0 Å². The third-order valence-corrected chi connectivity index (χ3v) is 5.80. The van der Waals surface area contributed by atoms with E-state index in [4.69, 9.17) is 4.98 Å². The predicted octanol–water partition coefficient (Wildman–Crippen LogP) is 4.55. The van der Waals surface area contributed by atoms with Gasteiger partial charge in [0.15, 0.2) is 0 Å². The van der Waals surface area contributed by atoms with Crippen LogP contribution < -0.4 is 5.19 Å². The molecule has 2 aromatic rings. The zero-order valence-electron chi connectivity index (χ0n) is 13.3. The summed E-state index contributed by atoms with van der Waals surface area (Å²) in [6.07, 6.45) is 4.48. The van der Waals surface area contributed by atoms with Crippen molar-refractivity contribution in [3.63, 3.8) is 0 Å². The van der Waals surface area contributed by atoms with Gasteiger partial charge >= 0.3 is 0 Å². The maximum absolute atomic E-state index is 4.75. The molecule has 2 rings (SSSR count). The van der Waals surface area contributed by atoms with Crippen LogP contribution in [0.4, 0.5) is 0 Å². The Balaban J connectivity index is 2.53. The van der Waals surface area contributed by atoms with E-state index in [-0.39, 0.29) is 0 Å². The van der Waals surface area contributed by atoms with E-state index >= 15 is 0 Å². The lowest BCUT2D eigenvalue weighted by Gasteiger charge is -2.21. The number of nitrogens with zero attached hydrogens (tertiary/aromatic N) is 1. The van der Waals surface area contributed by atoms with Gasteiger partial charge in [0.1, 0.15) is 0 Å². The molecule has 20 heavy (non-hydrogen) atoms. The minimum atomic E-state index is -1.32. The third kappa shape index (κ3) is 3.18. The molecule has 0 saturated carbocycles. The highest BCUT2D eigenvalue weighted by Crippen LogP contribution is 2.22. The summed E-state index contributed by atoms with van der Waals surface area (Å²) in [5, 5.41) is 1.51. The number of hydrogen-bond acceptors (Lipinski definition) is 1. The van der Waals surface area contributed by atoms with Crippen LogP contribution in [0.2, 0.25) is 19.6 Å². The maximum atomic E-state index is 4.75. The van der Waals surface area contributed by atoms with E-state index in [9.17, 15) is 0 Å². The number of aromatic nitrogens is 1. The lowest BCUT2D eigenvalue weighted by molar-refractivity contribution is 0.924. The van der Waals surface area contributed by atoms with Crippen LogP contribution >= 0.6 is 0 Å². The zero-order chi connectivity index (χ0) is 14.8. The Morgan fingerprint density at radius 1 is 1.10 bits per heavy atom. The maximum Gasteiger partial charge on any atom is 0.0799 e. The number of benzene rings is 1. The lowest BCUT2D eigenvalue weighted by Crippen LogP contribution is -2.40. The number of rotatable bonds is 4. The molecule has 0 N–H and O–H groups in total. The van der Waals surface area contributed by atoms with Crippen molar-refractivity contribution in [1.82, 2.24) is 4.98 Å². The Hall–Kier alpha value is -1.41. The normalized spacial score (nSPS) is 11.7. The quantitative estimate of drug-likeness (QED) is 0.750. The number of aryl methyl sites for hydroxylation is 2. The predicted molar refractivity (Wildman–Crippen MR) is 91.4 cm³/mol. The van der Waals surface area contributed by atoms with Gasteiger partial charge in [0.2, 0.25) is 0 Å². The molecule has 0 bridgehead atoms. The Kier molecular flexibility index (Phi) is 4.44. The highest BCUT2D eigenvalue weighted by molar-refractivity contribution is 6.89. The van der Waals surface area contributed by atoms with Gasteiger partial charge in [0.05, 0.1) is 13.8 Å². The van der Waals surface area contributed by atoms with Gasteiger partial charge in [-0.1, -0.05) is 57.3 Å². The van der Waals surface area contributed by atoms with E-state index in [0.717, 1.165) is 12.1 Å². The number of pyridine rings is 1. The molecule has 0 aliphatic rings. The van der Waals surface area contributed by atoms with Gasteiger partial charge in [-0.25, -0.2) is 0 Å². The summed E-state index contributed by atoms with van der Waals surface area (Å²) in [5.41, 5.74) is 5.17. The van der Waals surface area contributed by atoms with Crippen molar-refractivity contribution in [2.24, 2.45) is 0 Å². The highest BCUT2D eigenvalue weighted by atomic mass is 28.3. The fourth-order valence-electron chi connectivity index (χ4n) is 2.66. The lowest BCUT2D eigenvalue weighted by atomic mass is 10.0. The Morgan fingerprint density at radius 2 is 1.80 bits per heavy atom. The molecule has 2 heteroatoms. The second-order valence-electron chi connectivity index (χ2n) is 6.54. The number of hydrogen-bond donors (Lipinski definition) is 0. The summed E-state index contributed by atoms with van der Waals surface area (Å²) in [4.78, 5) is 4.75. The molecule has 0 radical (unpaired) electrons. The van der Waals surface area contributed by atoms with Crippen molar-refractivity contribution in [2.45, 2.75) is 46.3 Å². The molecule has 0 aliphatic heterocycles. The van der Waals surface area contributed by atoms with Crippen LogP contribution in [0.15, 0.2) is 36.5 Å². The van der Waals surface area contributed by atoms with Crippen molar-refractivity contribution in [3.05, 3.63) is 47.7 Å². The summed E-state index contributed by atoms with van der Waals surface area (Å²) >= 11 is 0. The molecule has 1 heterocycles. The molecule has 1 nitrogen and oxygen atoms in total. The van der Waals surface area contributed by atoms with E-state index in [2.05, 4.69) is 70.0 Å². The van der Waals surface area contributed by atoms with Crippen molar-refractivity contribution in [2.75, 3.05) is 0 Å². The third-order valence-electron chi connectivity index (χ3n) is 3.74. The second-order valence-corrected chi connectivity index (χ2v) is 11.6. The van der Waals surface area contributed by atoms with Gasteiger partial charge < -0.3 is 0 Å². The zero-order valence-corrected chi connectivity index (χ0v) is 14.3. The minimum Gasteiger partial charge on any atom is -0.256 e. The Bertz CT molecular complexity index is 597. The molecule has 1 aromatic carbocycles. The Morgan fingerprint density at radius 3 is 2.40 bits per heavy atom. The first-order valence-electron chi connectivity index (χ1n) is 7.49. The summed E-state index contributed by atoms with van der Waals surface area (Å²) in [5.74, 6) is 0.